The van der Waals surface area contributed by atoms with Crippen LogP contribution in [0.1, 0.15) is 18.9 Å². The number of carbonyl (C=O) groups excluding carboxylic acids is 1. The summed E-state index contributed by atoms with van der Waals surface area (Å²) < 4.78 is 49.5. The number of rotatable bonds is 3. The van der Waals surface area contributed by atoms with Crippen LogP contribution in [-0.2, 0) is 4.87 Å². The molecule has 4 rings (SSSR count). The first-order chi connectivity index (χ1) is 15.2. The van der Waals surface area contributed by atoms with Crippen LogP contribution in [0.5, 0.6) is 5.75 Å². The standard InChI is InChI=1S/C22H25F3N4O2S/c1-12-8-18(25)15(10-17(12)24)20-27-29(21(30)28(2)3)22(32-20)13(6-7-26)11-31-19-5-4-14(23)9-16(19)22/h4-5,8-10,12-13,17H,6-7,11,26H2,1-3H3. The Labute approximate surface area is 188 Å². The molecule has 0 saturated carbocycles. The maximum Gasteiger partial charge on any atom is 0.341 e. The van der Waals surface area contributed by atoms with E-state index in [0.717, 1.165) is 11.8 Å². The van der Waals surface area contributed by atoms with Gasteiger partial charge in [0, 0.05) is 37.1 Å². The number of carbonyl (C=O) groups is 1. The number of fused-ring (bicyclic) bond motifs is 2. The number of hydrogen-bond acceptors (Lipinski definition) is 5. The molecule has 2 N–H and O–H groups in total. The quantitative estimate of drug-likeness (QED) is 0.727. The summed E-state index contributed by atoms with van der Waals surface area (Å²) >= 11 is 1.11. The number of hydrazone groups is 1. The van der Waals surface area contributed by atoms with E-state index in [1.807, 2.05) is 0 Å². The molecule has 6 nitrogen and oxygen atoms in total. The lowest BCUT2D eigenvalue weighted by Crippen LogP contribution is -2.53. The second-order valence-corrected chi connectivity index (χ2v) is 9.53. The van der Waals surface area contributed by atoms with Crippen LogP contribution in [0.2, 0.25) is 0 Å². The van der Waals surface area contributed by atoms with Gasteiger partial charge in [-0.25, -0.2) is 18.0 Å². The molecule has 1 aromatic carbocycles. The van der Waals surface area contributed by atoms with Crippen LogP contribution in [0.4, 0.5) is 18.0 Å². The first kappa shape index (κ1) is 22.7. The second-order valence-electron chi connectivity index (χ2n) is 8.32. The highest BCUT2D eigenvalue weighted by molar-refractivity contribution is 8.15. The van der Waals surface area contributed by atoms with Crippen molar-refractivity contribution in [2.24, 2.45) is 22.7 Å². The Morgan fingerprint density at radius 2 is 2.12 bits per heavy atom. The van der Waals surface area contributed by atoms with E-state index < -0.39 is 34.6 Å². The smallest absolute Gasteiger partial charge is 0.341 e. The number of amides is 2. The summed E-state index contributed by atoms with van der Waals surface area (Å²) in [5, 5.41) is 5.87. The lowest BCUT2D eigenvalue weighted by Gasteiger charge is -2.45. The number of nitrogens with zero attached hydrogens (tertiary/aromatic N) is 3. The van der Waals surface area contributed by atoms with Gasteiger partial charge in [0.2, 0.25) is 0 Å². The molecule has 0 saturated heterocycles. The van der Waals surface area contributed by atoms with E-state index >= 15 is 0 Å². The fraction of sp³-hybridized carbons (Fsp3) is 0.455. The van der Waals surface area contributed by atoms with Crippen LogP contribution >= 0.6 is 11.8 Å². The zero-order valence-electron chi connectivity index (χ0n) is 18.0. The molecule has 0 radical (unpaired) electrons. The minimum absolute atomic E-state index is 0.00928. The third kappa shape index (κ3) is 3.59. The molecule has 4 unspecified atom stereocenters. The minimum Gasteiger partial charge on any atom is -0.493 e. The predicted octanol–water partition coefficient (Wildman–Crippen LogP) is 4.15. The second kappa shape index (κ2) is 8.47. The molecule has 172 valence electrons. The van der Waals surface area contributed by atoms with Gasteiger partial charge < -0.3 is 15.4 Å². The molecule has 32 heavy (non-hydrogen) atoms. The van der Waals surface area contributed by atoms with Crippen molar-refractivity contribution >= 4 is 22.8 Å². The Balaban J connectivity index is 1.90. The Kier molecular flexibility index (Phi) is 6.02. The van der Waals surface area contributed by atoms with Crippen LogP contribution < -0.4 is 10.5 Å². The van der Waals surface area contributed by atoms with Crippen LogP contribution in [0.15, 0.2) is 46.9 Å². The lowest BCUT2D eigenvalue weighted by molar-refractivity contribution is 0.0673. The van der Waals surface area contributed by atoms with E-state index in [1.165, 1.54) is 40.3 Å². The third-order valence-corrected chi connectivity index (χ3v) is 7.41. The molecule has 4 atom stereocenters. The number of nitrogens with two attached hydrogens (primary N) is 1. The van der Waals surface area contributed by atoms with Crippen molar-refractivity contribution in [3.8, 4) is 5.75 Å². The summed E-state index contributed by atoms with van der Waals surface area (Å²) in [6, 6.07) is 3.61. The molecule has 1 aromatic rings. The Morgan fingerprint density at radius 1 is 1.38 bits per heavy atom. The van der Waals surface area contributed by atoms with E-state index in [9.17, 15) is 18.0 Å². The molecular formula is C22H25F3N4O2S. The van der Waals surface area contributed by atoms with Gasteiger partial charge in [-0.1, -0.05) is 18.7 Å². The molecule has 2 amide bonds. The SMILES string of the molecule is CC1C=C(F)C(C2=NN(C(=O)N(C)C)C3(S2)c2cc(F)ccc2OCC3CCN)=CC1F. The van der Waals surface area contributed by atoms with Gasteiger partial charge in [-0.05, 0) is 43.3 Å². The predicted molar refractivity (Wildman–Crippen MR) is 118 cm³/mol. The maximum absolute atomic E-state index is 14.9. The normalized spacial score (nSPS) is 29.2. The fourth-order valence-corrected chi connectivity index (χ4v) is 5.69. The average molecular weight is 467 g/mol. The van der Waals surface area contributed by atoms with Crippen molar-refractivity contribution in [3.63, 3.8) is 0 Å². The zero-order valence-corrected chi connectivity index (χ0v) is 18.8. The number of hydrogen-bond donors (Lipinski definition) is 1. The molecule has 1 aliphatic carbocycles. The fourth-order valence-electron chi connectivity index (χ4n) is 4.17. The van der Waals surface area contributed by atoms with Crippen LogP contribution in [0.25, 0.3) is 0 Å². The third-order valence-electron chi connectivity index (χ3n) is 5.88. The minimum atomic E-state index is -1.39. The Morgan fingerprint density at radius 3 is 2.81 bits per heavy atom. The highest BCUT2D eigenvalue weighted by Crippen LogP contribution is 2.58. The van der Waals surface area contributed by atoms with Gasteiger partial charge in [0.1, 0.15) is 28.6 Å². The highest BCUT2D eigenvalue weighted by Gasteiger charge is 2.58. The van der Waals surface area contributed by atoms with Gasteiger partial charge >= 0.3 is 6.03 Å². The molecule has 3 aliphatic rings. The van der Waals surface area contributed by atoms with Gasteiger partial charge in [-0.3, -0.25) is 0 Å². The van der Waals surface area contributed by atoms with E-state index in [4.69, 9.17) is 10.5 Å². The van der Waals surface area contributed by atoms with E-state index in [1.54, 1.807) is 21.0 Å². The number of thioether (sulfide) groups is 1. The van der Waals surface area contributed by atoms with Gasteiger partial charge in [0.15, 0.2) is 4.87 Å². The number of benzene rings is 1. The molecule has 2 aliphatic heterocycles. The summed E-state index contributed by atoms with van der Waals surface area (Å²) in [7, 11) is 3.13. The maximum atomic E-state index is 14.9. The van der Waals surface area contributed by atoms with Crippen molar-refractivity contribution in [2.45, 2.75) is 24.4 Å². The number of ether oxygens (including phenoxy) is 1. The first-order valence-electron chi connectivity index (χ1n) is 10.3. The van der Waals surface area contributed by atoms with E-state index in [-0.39, 0.29) is 23.1 Å². The molecule has 2 heterocycles. The summed E-state index contributed by atoms with van der Waals surface area (Å²) in [5.41, 5.74) is 6.25. The monoisotopic (exact) mass is 466 g/mol. The van der Waals surface area contributed by atoms with Crippen molar-refractivity contribution in [3.05, 3.63) is 53.1 Å². The zero-order chi connectivity index (χ0) is 23.2. The van der Waals surface area contributed by atoms with E-state index in [0.29, 0.717) is 24.3 Å². The largest absolute Gasteiger partial charge is 0.493 e. The summed E-state index contributed by atoms with van der Waals surface area (Å²) in [4.78, 5) is 13.4. The highest BCUT2D eigenvalue weighted by atomic mass is 32.2. The van der Waals surface area contributed by atoms with Crippen LogP contribution in [-0.4, -0.2) is 54.4 Å². The summed E-state index contributed by atoms with van der Waals surface area (Å²) in [5.74, 6) is -1.68. The molecule has 0 bridgehead atoms. The van der Waals surface area contributed by atoms with Gasteiger partial charge in [0.25, 0.3) is 0 Å². The van der Waals surface area contributed by atoms with Gasteiger partial charge in [-0.15, -0.1) is 0 Å². The van der Waals surface area contributed by atoms with Gasteiger partial charge in [0.05, 0.1) is 6.61 Å². The molecule has 1 spiro atoms. The topological polar surface area (TPSA) is 71.2 Å². The molecule has 0 fully saturated rings. The van der Waals surface area contributed by atoms with Gasteiger partial charge in [-0.2, -0.15) is 10.1 Å². The summed E-state index contributed by atoms with van der Waals surface area (Å²) in [6.45, 7) is 2.09. The first-order valence-corrected chi connectivity index (χ1v) is 11.2. The lowest BCUT2D eigenvalue weighted by atomic mass is 9.86. The van der Waals surface area contributed by atoms with E-state index in [2.05, 4.69) is 5.10 Å². The number of halogens is 3. The molecular weight excluding hydrogens is 441 g/mol. The number of allylic oxidation sites excluding steroid dienone is 3. The van der Waals surface area contributed by atoms with Crippen molar-refractivity contribution < 1.29 is 22.7 Å². The number of urea groups is 1. The Hall–Kier alpha value is -2.46. The van der Waals surface area contributed by atoms with Crippen LogP contribution in [0.3, 0.4) is 0 Å². The van der Waals surface area contributed by atoms with Crippen molar-refractivity contribution in [1.82, 2.24) is 9.91 Å². The number of alkyl halides is 1. The summed E-state index contributed by atoms with van der Waals surface area (Å²) in [6.07, 6.45) is 1.46. The van der Waals surface area contributed by atoms with Crippen molar-refractivity contribution in [2.75, 3.05) is 27.2 Å². The average Bonchev–Trinajstić information content (AvgIpc) is 3.13. The van der Waals surface area contributed by atoms with Crippen LogP contribution in [0, 0.1) is 17.7 Å². The van der Waals surface area contributed by atoms with Crippen molar-refractivity contribution in [1.29, 1.82) is 0 Å². The Bertz CT molecular complexity index is 1030. The molecule has 0 aromatic heterocycles. The molecule has 10 heteroatoms.